The molecular formula is C25H19ClFN5O. The van der Waals surface area contributed by atoms with E-state index in [1.807, 2.05) is 55.5 Å². The topological polar surface area (TPSA) is 85.8 Å². The van der Waals surface area contributed by atoms with Crippen LogP contribution in [0.25, 0.3) is 27.9 Å². The zero-order valence-corrected chi connectivity index (χ0v) is 18.4. The van der Waals surface area contributed by atoms with Crippen LogP contribution in [0.15, 0.2) is 66.7 Å². The summed E-state index contributed by atoms with van der Waals surface area (Å²) in [6, 6.07) is 19.4. The number of hydrogen-bond donors (Lipinski definition) is 2. The van der Waals surface area contributed by atoms with Crippen molar-refractivity contribution in [2.45, 2.75) is 13.5 Å². The van der Waals surface area contributed by atoms with Gasteiger partial charge in [0.2, 0.25) is 0 Å². The molecule has 0 spiro atoms. The average molecular weight is 460 g/mol. The molecule has 0 bridgehead atoms. The summed E-state index contributed by atoms with van der Waals surface area (Å²) in [7, 11) is 0. The van der Waals surface area contributed by atoms with Crippen molar-refractivity contribution < 1.29 is 9.18 Å². The van der Waals surface area contributed by atoms with E-state index in [0.717, 1.165) is 11.1 Å². The molecule has 5 rings (SSSR count). The van der Waals surface area contributed by atoms with Crippen molar-refractivity contribution in [1.82, 2.24) is 19.9 Å². The maximum Gasteiger partial charge on any atom is 0.257 e. The van der Waals surface area contributed by atoms with Crippen LogP contribution in [0.2, 0.25) is 5.02 Å². The lowest BCUT2D eigenvalue weighted by atomic mass is 10.1. The van der Waals surface area contributed by atoms with Crippen molar-refractivity contribution in [3.05, 3.63) is 94.3 Å². The van der Waals surface area contributed by atoms with Crippen molar-refractivity contribution in [2.24, 2.45) is 0 Å². The summed E-state index contributed by atoms with van der Waals surface area (Å²) < 4.78 is 15.4. The number of anilines is 1. The van der Waals surface area contributed by atoms with Gasteiger partial charge in [0.25, 0.3) is 5.91 Å². The maximum absolute atomic E-state index is 13.8. The van der Waals surface area contributed by atoms with E-state index in [1.54, 1.807) is 4.57 Å². The number of para-hydroxylation sites is 2. The van der Waals surface area contributed by atoms with E-state index >= 15 is 0 Å². The third-order valence-electron chi connectivity index (χ3n) is 5.46. The normalized spacial score (nSPS) is 11.2. The number of aromatic nitrogens is 3. The highest BCUT2D eigenvalue weighted by Crippen LogP contribution is 2.32. The van der Waals surface area contributed by atoms with Crippen LogP contribution in [-0.4, -0.2) is 20.4 Å². The summed E-state index contributed by atoms with van der Waals surface area (Å²) in [6.07, 6.45) is 0. The second-order valence-corrected chi connectivity index (χ2v) is 8.15. The molecule has 5 aromatic rings. The van der Waals surface area contributed by atoms with Gasteiger partial charge in [-0.1, -0.05) is 53.6 Å². The molecule has 2 aromatic heterocycles. The summed E-state index contributed by atoms with van der Waals surface area (Å²) in [4.78, 5) is 22.6. The summed E-state index contributed by atoms with van der Waals surface area (Å²) in [5.74, 6) is -0.790. The molecule has 0 fully saturated rings. The van der Waals surface area contributed by atoms with E-state index in [9.17, 15) is 9.18 Å². The van der Waals surface area contributed by atoms with E-state index in [2.05, 4.69) is 10.3 Å². The number of nitrogens with zero attached hydrogens (tertiary/aromatic N) is 3. The largest absolute Gasteiger partial charge is 0.384 e. The van der Waals surface area contributed by atoms with E-state index in [4.69, 9.17) is 22.3 Å². The number of nitrogens with two attached hydrogens (primary N) is 1. The van der Waals surface area contributed by atoms with Crippen molar-refractivity contribution in [2.75, 3.05) is 5.73 Å². The summed E-state index contributed by atoms with van der Waals surface area (Å²) >= 11 is 6.02. The molecular weight excluding hydrogens is 441 g/mol. The van der Waals surface area contributed by atoms with Crippen LogP contribution >= 0.6 is 11.6 Å². The van der Waals surface area contributed by atoms with Gasteiger partial charge < -0.3 is 11.1 Å². The highest BCUT2D eigenvalue weighted by Gasteiger charge is 2.25. The molecule has 8 heteroatoms. The van der Waals surface area contributed by atoms with Crippen LogP contribution in [-0.2, 0) is 6.54 Å². The van der Waals surface area contributed by atoms with Gasteiger partial charge in [-0.05, 0) is 42.8 Å². The highest BCUT2D eigenvalue weighted by molar-refractivity contribution is 6.31. The summed E-state index contributed by atoms with van der Waals surface area (Å²) in [5, 5.41) is 2.85. The van der Waals surface area contributed by atoms with Crippen LogP contribution < -0.4 is 11.1 Å². The standard InChI is InChI=1S/C25H19ClFN5O/c1-14-6-8-15(9-7-14)13-29-25(33)21-22-24(31-20-5-3-2-4-19(20)30-22)32(23(21)28)16-10-11-18(27)17(26)12-16/h2-12H,13,28H2,1H3,(H,29,33). The number of benzene rings is 3. The fourth-order valence-corrected chi connectivity index (χ4v) is 3.92. The molecule has 1 amide bonds. The van der Waals surface area contributed by atoms with E-state index in [1.165, 1.54) is 18.2 Å². The highest BCUT2D eigenvalue weighted by atomic mass is 35.5. The average Bonchev–Trinajstić information content (AvgIpc) is 3.09. The number of rotatable bonds is 4. The first-order valence-corrected chi connectivity index (χ1v) is 10.7. The molecule has 0 atom stereocenters. The number of amides is 1. The van der Waals surface area contributed by atoms with Gasteiger partial charge in [0.05, 0.1) is 21.7 Å². The van der Waals surface area contributed by atoms with Crippen molar-refractivity contribution >= 4 is 45.5 Å². The van der Waals surface area contributed by atoms with Gasteiger partial charge in [0.1, 0.15) is 22.7 Å². The van der Waals surface area contributed by atoms with Gasteiger partial charge >= 0.3 is 0 Å². The Labute approximate surface area is 193 Å². The van der Waals surface area contributed by atoms with Gasteiger partial charge in [-0.25, -0.2) is 14.4 Å². The number of hydrogen-bond acceptors (Lipinski definition) is 4. The SMILES string of the molecule is Cc1ccc(CNC(=O)c2c(N)n(-c3ccc(F)c(Cl)c3)c3nc4ccccc4nc23)cc1. The number of fused-ring (bicyclic) bond motifs is 2. The number of halogens is 2. The zero-order chi connectivity index (χ0) is 23.1. The number of aryl methyl sites for hydroxylation is 1. The molecule has 6 nitrogen and oxygen atoms in total. The molecule has 0 aliphatic carbocycles. The molecule has 0 aliphatic heterocycles. The number of nitrogen functional groups attached to an aromatic ring is 1. The molecule has 0 aliphatic rings. The predicted octanol–water partition coefficient (Wildman–Crippen LogP) is 5.19. The van der Waals surface area contributed by atoms with Crippen molar-refractivity contribution in [3.8, 4) is 5.69 Å². The van der Waals surface area contributed by atoms with Crippen molar-refractivity contribution in [3.63, 3.8) is 0 Å². The molecule has 0 unspecified atom stereocenters. The number of carbonyl (C=O) groups is 1. The van der Waals surface area contributed by atoms with Gasteiger partial charge in [0.15, 0.2) is 5.65 Å². The van der Waals surface area contributed by atoms with Crippen LogP contribution in [0, 0.1) is 12.7 Å². The smallest absolute Gasteiger partial charge is 0.257 e. The molecule has 3 aromatic carbocycles. The Balaban J connectivity index is 1.66. The van der Waals surface area contributed by atoms with E-state index in [0.29, 0.717) is 34.4 Å². The molecule has 0 saturated heterocycles. The minimum Gasteiger partial charge on any atom is -0.384 e. The summed E-state index contributed by atoms with van der Waals surface area (Å²) in [6.45, 7) is 2.33. The van der Waals surface area contributed by atoms with E-state index in [-0.39, 0.29) is 22.3 Å². The quantitative estimate of drug-likeness (QED) is 0.387. The van der Waals surface area contributed by atoms with Crippen LogP contribution in [0.5, 0.6) is 0 Å². The fourth-order valence-electron chi connectivity index (χ4n) is 3.75. The van der Waals surface area contributed by atoms with Crippen LogP contribution in [0.3, 0.4) is 0 Å². The Bertz CT molecular complexity index is 1530. The van der Waals surface area contributed by atoms with Gasteiger partial charge in [-0.2, -0.15) is 0 Å². The maximum atomic E-state index is 13.8. The Kier molecular flexibility index (Phi) is 5.18. The fraction of sp³-hybridized carbons (Fsp3) is 0.0800. The third-order valence-corrected chi connectivity index (χ3v) is 5.75. The van der Waals surface area contributed by atoms with Gasteiger partial charge in [-0.3, -0.25) is 9.36 Å². The first-order chi connectivity index (χ1) is 15.9. The van der Waals surface area contributed by atoms with Crippen LogP contribution in [0.1, 0.15) is 21.5 Å². The third kappa shape index (κ3) is 3.76. The minimum absolute atomic E-state index is 0.0622. The molecule has 0 radical (unpaired) electrons. The predicted molar refractivity (Wildman–Crippen MR) is 128 cm³/mol. The Morgan fingerprint density at radius 3 is 2.45 bits per heavy atom. The van der Waals surface area contributed by atoms with E-state index < -0.39 is 5.82 Å². The lowest BCUT2D eigenvalue weighted by Crippen LogP contribution is -2.24. The minimum atomic E-state index is -0.553. The Morgan fingerprint density at radius 2 is 1.76 bits per heavy atom. The monoisotopic (exact) mass is 459 g/mol. The lowest BCUT2D eigenvalue weighted by molar-refractivity contribution is 0.0953. The van der Waals surface area contributed by atoms with Gasteiger partial charge in [-0.15, -0.1) is 0 Å². The second-order valence-electron chi connectivity index (χ2n) is 7.75. The van der Waals surface area contributed by atoms with Crippen molar-refractivity contribution in [1.29, 1.82) is 0 Å². The second kappa shape index (κ2) is 8.18. The first kappa shape index (κ1) is 20.9. The number of nitrogens with one attached hydrogen (secondary N) is 1. The Morgan fingerprint density at radius 1 is 1.06 bits per heavy atom. The Hall–Kier alpha value is -3.97. The molecule has 2 heterocycles. The van der Waals surface area contributed by atoms with Gasteiger partial charge in [0, 0.05) is 6.54 Å². The molecule has 33 heavy (non-hydrogen) atoms. The number of carbonyl (C=O) groups excluding carboxylic acids is 1. The lowest BCUT2D eigenvalue weighted by Gasteiger charge is -2.09. The molecule has 164 valence electrons. The van der Waals surface area contributed by atoms with Crippen LogP contribution in [0.4, 0.5) is 10.2 Å². The first-order valence-electron chi connectivity index (χ1n) is 10.3. The summed E-state index contributed by atoms with van der Waals surface area (Å²) in [5.41, 5.74) is 11.3. The molecule has 3 N–H and O–H groups in total. The molecule has 0 saturated carbocycles. The zero-order valence-electron chi connectivity index (χ0n) is 17.6.